The fraction of sp³-hybridized carbons (Fsp3) is 0.269. The van der Waals surface area contributed by atoms with Crippen LogP contribution in [0.2, 0.25) is 0 Å². The van der Waals surface area contributed by atoms with Crippen LogP contribution in [0.4, 0.5) is 24.9 Å². The summed E-state index contributed by atoms with van der Waals surface area (Å²) in [5, 5.41) is 0.767. The molecule has 190 valence electrons. The predicted octanol–water partition coefficient (Wildman–Crippen LogP) is 4.11. The van der Waals surface area contributed by atoms with Gasteiger partial charge in [0, 0.05) is 35.1 Å². The third kappa shape index (κ3) is 5.02. The van der Waals surface area contributed by atoms with Crippen LogP contribution in [0.15, 0.2) is 48.8 Å². The van der Waals surface area contributed by atoms with Gasteiger partial charge in [0.05, 0.1) is 23.3 Å². The van der Waals surface area contributed by atoms with Crippen molar-refractivity contribution in [3.05, 3.63) is 82.4 Å². The van der Waals surface area contributed by atoms with E-state index in [0.29, 0.717) is 41.9 Å². The maximum atomic E-state index is 13.9. The smallest absolute Gasteiger partial charge is 0.383 e. The summed E-state index contributed by atoms with van der Waals surface area (Å²) in [5.74, 6) is 0.355. The van der Waals surface area contributed by atoms with E-state index in [9.17, 15) is 18.0 Å². The normalized spacial score (nSPS) is 15.4. The zero-order valence-electron chi connectivity index (χ0n) is 20.0. The first kappa shape index (κ1) is 24.4. The molecule has 0 radical (unpaired) electrons. The van der Waals surface area contributed by atoms with E-state index >= 15 is 0 Å². The second-order valence-corrected chi connectivity index (χ2v) is 9.16. The number of nitrogens with two attached hydrogens (primary N) is 2. The summed E-state index contributed by atoms with van der Waals surface area (Å²) in [5.41, 5.74) is 14.8. The van der Waals surface area contributed by atoms with E-state index in [1.165, 1.54) is 6.07 Å². The Morgan fingerprint density at radius 3 is 2.62 bits per heavy atom. The molecule has 11 heteroatoms. The number of nitrogens with zero attached hydrogens (tertiary/aromatic N) is 5. The third-order valence-electron chi connectivity index (χ3n) is 6.62. The van der Waals surface area contributed by atoms with Gasteiger partial charge in [-0.15, -0.1) is 0 Å². The molecule has 0 saturated carbocycles. The minimum Gasteiger partial charge on any atom is -0.383 e. The monoisotopic (exact) mass is 507 g/mol. The molecular formula is C26H24F3N7O. The van der Waals surface area contributed by atoms with Crippen LogP contribution in [-0.2, 0) is 25.6 Å². The lowest BCUT2D eigenvalue weighted by molar-refractivity contribution is -0.137. The first-order valence-electron chi connectivity index (χ1n) is 11.7. The number of aryl methyl sites for hydroxylation is 2. The molecular weight excluding hydrogens is 483 g/mol. The number of hydrogen-bond acceptors (Lipinski definition) is 7. The van der Waals surface area contributed by atoms with Gasteiger partial charge < -0.3 is 16.4 Å². The minimum atomic E-state index is -4.49. The maximum Gasteiger partial charge on any atom is 0.417 e. The Morgan fingerprint density at radius 1 is 1.08 bits per heavy atom. The Kier molecular flexibility index (Phi) is 6.14. The highest BCUT2D eigenvalue weighted by atomic mass is 19.4. The van der Waals surface area contributed by atoms with E-state index < -0.39 is 11.7 Å². The molecule has 3 aromatic heterocycles. The lowest BCUT2D eigenvalue weighted by Crippen LogP contribution is -2.43. The van der Waals surface area contributed by atoms with E-state index in [1.54, 1.807) is 29.3 Å². The molecule has 1 amide bonds. The number of carbonyl (C=O) groups is 1. The molecule has 1 atom stereocenters. The van der Waals surface area contributed by atoms with Crippen LogP contribution < -0.4 is 11.5 Å². The Morgan fingerprint density at radius 2 is 1.89 bits per heavy atom. The van der Waals surface area contributed by atoms with Crippen molar-refractivity contribution in [3.8, 4) is 0 Å². The van der Waals surface area contributed by atoms with Gasteiger partial charge >= 0.3 is 6.18 Å². The van der Waals surface area contributed by atoms with Crippen molar-refractivity contribution in [3.63, 3.8) is 0 Å². The maximum absolute atomic E-state index is 13.9. The number of nitrogen functional groups attached to an aromatic ring is 2. The summed E-state index contributed by atoms with van der Waals surface area (Å²) in [4.78, 5) is 32.3. The van der Waals surface area contributed by atoms with Gasteiger partial charge in [-0.2, -0.15) is 13.2 Å². The lowest BCUT2D eigenvalue weighted by atomic mass is 9.91. The number of benzene rings is 1. The van der Waals surface area contributed by atoms with Crippen LogP contribution in [0.1, 0.15) is 44.9 Å². The number of alkyl halides is 3. The zero-order chi connectivity index (χ0) is 26.3. The van der Waals surface area contributed by atoms with E-state index in [1.807, 2.05) is 13.0 Å². The molecule has 37 heavy (non-hydrogen) atoms. The summed E-state index contributed by atoms with van der Waals surface area (Å²) in [7, 11) is 0. The Labute approximate surface area is 210 Å². The Hall–Kier alpha value is -4.28. The van der Waals surface area contributed by atoms with Crippen molar-refractivity contribution < 1.29 is 18.0 Å². The summed E-state index contributed by atoms with van der Waals surface area (Å²) in [6, 6.07) is 9.09. The Bertz CT molecular complexity index is 1490. The average Bonchev–Trinajstić information content (AvgIpc) is 2.87. The number of fused-ring (bicyclic) bond motifs is 2. The average molecular weight is 508 g/mol. The number of amides is 1. The first-order valence-corrected chi connectivity index (χ1v) is 11.7. The highest BCUT2D eigenvalue weighted by molar-refractivity contribution is 5.98. The summed E-state index contributed by atoms with van der Waals surface area (Å²) in [6.07, 6.45) is -0.335. The molecule has 0 fully saturated rings. The van der Waals surface area contributed by atoms with E-state index in [4.69, 9.17) is 11.5 Å². The van der Waals surface area contributed by atoms with Crippen molar-refractivity contribution in [1.29, 1.82) is 0 Å². The van der Waals surface area contributed by atoms with Crippen molar-refractivity contribution >= 4 is 28.6 Å². The molecule has 8 nitrogen and oxygen atoms in total. The van der Waals surface area contributed by atoms with Gasteiger partial charge in [-0.3, -0.25) is 9.78 Å². The molecule has 0 aliphatic heterocycles. The van der Waals surface area contributed by atoms with Crippen molar-refractivity contribution in [2.75, 3.05) is 11.5 Å². The van der Waals surface area contributed by atoms with Gasteiger partial charge in [0.2, 0.25) is 5.95 Å². The molecule has 4 aromatic rings. The highest BCUT2D eigenvalue weighted by Gasteiger charge is 2.32. The topological polar surface area (TPSA) is 124 Å². The number of rotatable bonds is 4. The number of carbonyl (C=O) groups excluding carboxylic acids is 1. The minimum absolute atomic E-state index is 0.0455. The molecule has 0 saturated heterocycles. The van der Waals surface area contributed by atoms with Crippen molar-refractivity contribution in [1.82, 2.24) is 24.8 Å². The Balaban J connectivity index is 1.49. The van der Waals surface area contributed by atoms with Gasteiger partial charge in [0.1, 0.15) is 5.82 Å². The summed E-state index contributed by atoms with van der Waals surface area (Å²) in [6.45, 7) is 1.89. The van der Waals surface area contributed by atoms with Crippen molar-refractivity contribution in [2.45, 2.75) is 44.9 Å². The fourth-order valence-electron chi connectivity index (χ4n) is 4.59. The quantitative estimate of drug-likeness (QED) is 0.426. The fourth-order valence-corrected chi connectivity index (χ4v) is 4.59. The van der Waals surface area contributed by atoms with E-state index in [2.05, 4.69) is 19.9 Å². The number of pyridine rings is 2. The SMILES string of the molecule is Cc1cc2cc(C(=O)N(Cc3ccc(C(F)(F)F)cn3)[C@@H]3CCc4nc(N)ncc4C3)ccc2nc1N. The molecule has 1 aromatic carbocycles. The largest absolute Gasteiger partial charge is 0.417 e. The second-order valence-electron chi connectivity index (χ2n) is 9.16. The molecule has 0 bridgehead atoms. The first-order chi connectivity index (χ1) is 17.6. The molecule has 5 rings (SSSR count). The van der Waals surface area contributed by atoms with Gasteiger partial charge in [0.25, 0.3) is 5.91 Å². The van der Waals surface area contributed by atoms with Crippen LogP contribution in [0.25, 0.3) is 10.9 Å². The number of aromatic nitrogens is 4. The zero-order valence-corrected chi connectivity index (χ0v) is 20.0. The van der Waals surface area contributed by atoms with Gasteiger partial charge in [-0.1, -0.05) is 0 Å². The van der Waals surface area contributed by atoms with Gasteiger partial charge in [-0.25, -0.2) is 15.0 Å². The lowest BCUT2D eigenvalue weighted by Gasteiger charge is -2.35. The molecule has 0 unspecified atom stereocenters. The number of anilines is 2. The van der Waals surface area contributed by atoms with E-state index in [-0.39, 0.29) is 24.4 Å². The molecule has 4 N–H and O–H groups in total. The molecule has 3 heterocycles. The second kappa shape index (κ2) is 9.30. The van der Waals surface area contributed by atoms with E-state index in [0.717, 1.165) is 34.5 Å². The summed E-state index contributed by atoms with van der Waals surface area (Å²) >= 11 is 0. The number of halogens is 3. The molecule has 0 spiro atoms. The van der Waals surface area contributed by atoms with Crippen LogP contribution in [0, 0.1) is 6.92 Å². The van der Waals surface area contributed by atoms with Crippen LogP contribution in [-0.4, -0.2) is 36.8 Å². The summed E-state index contributed by atoms with van der Waals surface area (Å²) < 4.78 is 39.1. The molecule has 1 aliphatic rings. The molecule has 1 aliphatic carbocycles. The third-order valence-corrected chi connectivity index (χ3v) is 6.62. The van der Waals surface area contributed by atoms with Crippen LogP contribution in [0.3, 0.4) is 0 Å². The van der Waals surface area contributed by atoms with Crippen molar-refractivity contribution in [2.24, 2.45) is 0 Å². The number of hydrogen-bond donors (Lipinski definition) is 2. The van der Waals surface area contributed by atoms with Crippen LogP contribution in [0.5, 0.6) is 0 Å². The van der Waals surface area contributed by atoms with Gasteiger partial charge in [-0.05, 0) is 73.7 Å². The van der Waals surface area contributed by atoms with Gasteiger partial charge in [0.15, 0.2) is 0 Å². The highest BCUT2D eigenvalue weighted by Crippen LogP contribution is 2.30. The predicted molar refractivity (Wildman–Crippen MR) is 132 cm³/mol. The van der Waals surface area contributed by atoms with Crippen LogP contribution >= 0.6 is 0 Å². The standard InChI is InChI=1S/C26H24F3N7O/c1-14-8-16-9-15(2-6-21(16)34-23(14)30)24(37)36(13-19-4-3-18(12-32-19)26(27,28)29)20-5-7-22-17(10-20)11-33-25(31)35-22/h2-4,6,8-9,11-12,20H,5,7,10,13H2,1H3,(H2,30,34)(H2,31,33,35)/t20-/m1/s1.